The molecule has 15 heavy (non-hydrogen) atoms. The number of pyridine rings is 1. The van der Waals surface area contributed by atoms with Crippen molar-refractivity contribution < 1.29 is 0 Å². The van der Waals surface area contributed by atoms with Crippen LogP contribution in [0.25, 0.3) is 16.4 Å². The first-order valence-electron chi connectivity index (χ1n) is 5.00. The summed E-state index contributed by atoms with van der Waals surface area (Å²) in [5.41, 5.74) is 9.58. The van der Waals surface area contributed by atoms with Gasteiger partial charge in [0.1, 0.15) is 5.82 Å². The number of rotatable bonds is 0. The lowest BCUT2D eigenvalue weighted by Crippen LogP contribution is -1.96. The normalized spacial score (nSPS) is 11.6. The molecule has 2 N–H and O–H groups in total. The fourth-order valence-electron chi connectivity index (χ4n) is 2.26. The van der Waals surface area contributed by atoms with Crippen LogP contribution in [-0.2, 0) is 7.05 Å². The lowest BCUT2D eigenvalue weighted by atomic mass is 10.2. The van der Waals surface area contributed by atoms with Gasteiger partial charge in [0, 0.05) is 30.4 Å². The molecule has 0 amide bonds. The topological polar surface area (TPSA) is 35.4 Å². The van der Waals surface area contributed by atoms with Crippen LogP contribution in [0.2, 0.25) is 0 Å². The molecule has 3 aromatic rings. The van der Waals surface area contributed by atoms with Gasteiger partial charge in [-0.3, -0.25) is 0 Å². The highest BCUT2D eigenvalue weighted by Crippen LogP contribution is 2.31. The van der Waals surface area contributed by atoms with Crippen molar-refractivity contribution in [2.75, 3.05) is 5.73 Å². The van der Waals surface area contributed by atoms with E-state index < -0.39 is 0 Å². The van der Waals surface area contributed by atoms with Gasteiger partial charge in [-0.25, -0.2) is 0 Å². The molecule has 0 aliphatic carbocycles. The first-order chi connectivity index (χ1) is 7.20. The number of nitrogens with zero attached hydrogens (tertiary/aromatic N) is 2. The Kier molecular flexibility index (Phi) is 1.44. The van der Waals surface area contributed by atoms with E-state index in [-0.39, 0.29) is 0 Å². The first kappa shape index (κ1) is 8.41. The molecule has 3 heteroatoms. The number of anilines is 1. The van der Waals surface area contributed by atoms with Crippen molar-refractivity contribution >= 4 is 22.2 Å². The standard InChI is InChI=1S/C12H13N3/c1-8-11-9-5-3-4-6-15(9)7-10(11)14(2)12(8)13/h3-7H,13H2,1-2H3. The van der Waals surface area contributed by atoms with Crippen LogP contribution in [0.1, 0.15) is 5.56 Å². The molecule has 0 fully saturated rings. The van der Waals surface area contributed by atoms with Gasteiger partial charge in [-0.2, -0.15) is 0 Å². The number of nitrogen functional groups attached to an aromatic ring is 1. The lowest BCUT2D eigenvalue weighted by Gasteiger charge is -1.98. The van der Waals surface area contributed by atoms with Crippen LogP contribution in [0.15, 0.2) is 30.6 Å². The molecule has 0 aliphatic heterocycles. The van der Waals surface area contributed by atoms with Gasteiger partial charge in [-0.05, 0) is 19.1 Å². The Bertz CT molecular complexity index is 658. The Labute approximate surface area is 87.7 Å². The average molecular weight is 199 g/mol. The van der Waals surface area contributed by atoms with Gasteiger partial charge in [0.2, 0.25) is 0 Å². The zero-order valence-corrected chi connectivity index (χ0v) is 8.86. The molecular weight excluding hydrogens is 186 g/mol. The molecule has 0 saturated heterocycles. The first-order valence-corrected chi connectivity index (χ1v) is 5.00. The second kappa shape index (κ2) is 2.57. The minimum Gasteiger partial charge on any atom is -0.385 e. The molecular formula is C12H13N3. The van der Waals surface area contributed by atoms with Gasteiger partial charge >= 0.3 is 0 Å². The molecule has 3 aromatic heterocycles. The van der Waals surface area contributed by atoms with Gasteiger partial charge < -0.3 is 14.7 Å². The quantitative estimate of drug-likeness (QED) is 0.592. The minimum atomic E-state index is 0.853. The van der Waals surface area contributed by atoms with Gasteiger partial charge in [0.05, 0.1) is 11.0 Å². The van der Waals surface area contributed by atoms with Gasteiger partial charge in [-0.1, -0.05) is 6.07 Å². The fraction of sp³-hybridized carbons (Fsp3) is 0.167. The summed E-state index contributed by atoms with van der Waals surface area (Å²) >= 11 is 0. The van der Waals surface area contributed by atoms with Crippen molar-refractivity contribution in [3.63, 3.8) is 0 Å². The molecule has 3 nitrogen and oxygen atoms in total. The van der Waals surface area contributed by atoms with E-state index in [9.17, 15) is 0 Å². The summed E-state index contributed by atoms with van der Waals surface area (Å²) in [7, 11) is 2.00. The maximum absolute atomic E-state index is 6.00. The summed E-state index contributed by atoms with van der Waals surface area (Å²) in [6.07, 6.45) is 4.18. The summed E-state index contributed by atoms with van der Waals surface area (Å²) in [6.45, 7) is 2.07. The summed E-state index contributed by atoms with van der Waals surface area (Å²) < 4.78 is 4.18. The molecule has 0 aromatic carbocycles. The largest absolute Gasteiger partial charge is 0.385 e. The predicted molar refractivity (Wildman–Crippen MR) is 63.0 cm³/mol. The number of aromatic nitrogens is 2. The molecule has 76 valence electrons. The summed E-state index contributed by atoms with van der Waals surface area (Å²) in [4.78, 5) is 0. The third-order valence-electron chi connectivity index (χ3n) is 3.15. The van der Waals surface area contributed by atoms with E-state index in [0.717, 1.165) is 5.82 Å². The third-order valence-corrected chi connectivity index (χ3v) is 3.15. The van der Waals surface area contributed by atoms with E-state index in [1.807, 2.05) is 17.7 Å². The summed E-state index contributed by atoms with van der Waals surface area (Å²) in [5, 5.41) is 1.26. The van der Waals surface area contributed by atoms with Crippen molar-refractivity contribution in [2.24, 2.45) is 7.05 Å². The molecule has 3 rings (SSSR count). The molecule has 0 aliphatic rings. The van der Waals surface area contributed by atoms with Crippen molar-refractivity contribution in [1.82, 2.24) is 8.97 Å². The number of fused-ring (bicyclic) bond motifs is 3. The van der Waals surface area contributed by atoms with Crippen molar-refractivity contribution in [2.45, 2.75) is 6.92 Å². The second-order valence-corrected chi connectivity index (χ2v) is 3.95. The van der Waals surface area contributed by atoms with Crippen LogP contribution in [0, 0.1) is 6.92 Å². The Morgan fingerprint density at radius 3 is 2.80 bits per heavy atom. The highest BCUT2D eigenvalue weighted by atomic mass is 15.0. The molecule has 0 bridgehead atoms. The zero-order chi connectivity index (χ0) is 10.6. The number of hydrogen-bond donors (Lipinski definition) is 1. The Hall–Kier alpha value is -1.90. The zero-order valence-electron chi connectivity index (χ0n) is 8.86. The van der Waals surface area contributed by atoms with Crippen molar-refractivity contribution in [1.29, 1.82) is 0 Å². The van der Waals surface area contributed by atoms with Crippen LogP contribution in [0.3, 0.4) is 0 Å². The van der Waals surface area contributed by atoms with Crippen LogP contribution >= 0.6 is 0 Å². The van der Waals surface area contributed by atoms with E-state index in [1.54, 1.807) is 0 Å². The summed E-state index contributed by atoms with van der Waals surface area (Å²) in [5.74, 6) is 0.853. The van der Waals surface area contributed by atoms with Crippen LogP contribution in [0.5, 0.6) is 0 Å². The highest BCUT2D eigenvalue weighted by Gasteiger charge is 2.13. The number of hydrogen-bond acceptors (Lipinski definition) is 1. The Morgan fingerprint density at radius 2 is 2.00 bits per heavy atom. The van der Waals surface area contributed by atoms with Gasteiger partial charge in [-0.15, -0.1) is 0 Å². The Balaban J connectivity index is 2.65. The predicted octanol–water partition coefficient (Wildman–Crippen LogP) is 2.32. The highest BCUT2D eigenvalue weighted by molar-refractivity contribution is 6.01. The van der Waals surface area contributed by atoms with Crippen LogP contribution in [0.4, 0.5) is 5.82 Å². The summed E-state index contributed by atoms with van der Waals surface area (Å²) in [6, 6.07) is 6.21. The maximum Gasteiger partial charge on any atom is 0.107 e. The van der Waals surface area contributed by atoms with Gasteiger partial charge in [0.25, 0.3) is 0 Å². The van der Waals surface area contributed by atoms with Crippen molar-refractivity contribution in [3.05, 3.63) is 36.2 Å². The van der Waals surface area contributed by atoms with E-state index in [1.165, 1.54) is 22.0 Å². The molecule has 0 saturated carbocycles. The van der Waals surface area contributed by atoms with Gasteiger partial charge in [0.15, 0.2) is 0 Å². The van der Waals surface area contributed by atoms with E-state index in [0.29, 0.717) is 0 Å². The van der Waals surface area contributed by atoms with E-state index in [2.05, 4.69) is 35.9 Å². The number of nitrogens with two attached hydrogens (primary N) is 1. The molecule has 3 heterocycles. The molecule has 0 radical (unpaired) electrons. The van der Waals surface area contributed by atoms with E-state index in [4.69, 9.17) is 5.73 Å². The smallest absolute Gasteiger partial charge is 0.107 e. The monoisotopic (exact) mass is 199 g/mol. The Morgan fingerprint density at radius 1 is 1.20 bits per heavy atom. The SMILES string of the molecule is Cc1c(N)n(C)c2cn3ccccc3c12. The molecule has 0 atom stereocenters. The average Bonchev–Trinajstić information content (AvgIpc) is 2.72. The fourth-order valence-corrected chi connectivity index (χ4v) is 2.26. The van der Waals surface area contributed by atoms with Crippen LogP contribution in [-0.4, -0.2) is 8.97 Å². The minimum absolute atomic E-state index is 0.853. The third kappa shape index (κ3) is 0.897. The molecule has 0 spiro atoms. The maximum atomic E-state index is 6.00. The van der Waals surface area contributed by atoms with E-state index >= 15 is 0 Å². The second-order valence-electron chi connectivity index (χ2n) is 3.95. The number of aryl methyl sites for hydroxylation is 2. The van der Waals surface area contributed by atoms with Crippen molar-refractivity contribution in [3.8, 4) is 0 Å². The molecule has 0 unspecified atom stereocenters. The van der Waals surface area contributed by atoms with Crippen LogP contribution < -0.4 is 5.73 Å². The lowest BCUT2D eigenvalue weighted by molar-refractivity contribution is 0.973.